The van der Waals surface area contributed by atoms with Gasteiger partial charge in [-0.1, -0.05) is 43.2 Å². The second kappa shape index (κ2) is 13.6. The maximum atomic E-state index is 10.7. The van der Waals surface area contributed by atoms with Crippen molar-refractivity contribution in [2.24, 2.45) is 5.92 Å². The zero-order chi connectivity index (χ0) is 22.5. The van der Waals surface area contributed by atoms with Gasteiger partial charge in [0.25, 0.3) is 0 Å². The van der Waals surface area contributed by atoms with Gasteiger partial charge in [-0.05, 0) is 53.9 Å². The van der Waals surface area contributed by atoms with E-state index >= 15 is 0 Å². The minimum absolute atomic E-state index is 0. The van der Waals surface area contributed by atoms with E-state index in [1.165, 1.54) is 4.70 Å². The fourth-order valence-corrected chi connectivity index (χ4v) is 4.55. The van der Waals surface area contributed by atoms with Crippen LogP contribution in [0.5, 0.6) is 5.75 Å². The van der Waals surface area contributed by atoms with Crippen LogP contribution in [0.2, 0.25) is 0 Å². The molecule has 6 nitrogen and oxygen atoms in total. The zero-order valence-electron chi connectivity index (χ0n) is 19.3. The Morgan fingerprint density at radius 3 is 2.32 bits per heavy atom. The number of unbranched alkanes of at least 4 members (excludes halogenated alkanes) is 2. The fourth-order valence-electron chi connectivity index (χ4n) is 3.59. The largest absolute Gasteiger partial charge is 1.00 e. The first-order valence-electron chi connectivity index (χ1n) is 10.5. The summed E-state index contributed by atoms with van der Waals surface area (Å²) in [7, 11) is 0. The molecule has 0 aliphatic heterocycles. The zero-order valence-corrected chi connectivity index (χ0v) is 24.1. The summed E-state index contributed by atoms with van der Waals surface area (Å²) in [5, 5.41) is 24.6. The van der Waals surface area contributed by atoms with E-state index in [9.17, 15) is 19.8 Å². The van der Waals surface area contributed by atoms with E-state index in [2.05, 4.69) is 24.3 Å². The van der Waals surface area contributed by atoms with Crippen molar-refractivity contribution in [2.45, 2.75) is 25.7 Å². The first kappa shape index (κ1) is 28.8. The normalized spacial score (nSPS) is 10.6. The Kier molecular flexibility index (Phi) is 11.5. The Labute approximate surface area is 245 Å². The number of hydrogen-bond donors (Lipinski definition) is 0. The molecule has 0 bridgehead atoms. The van der Waals surface area contributed by atoms with Gasteiger partial charge in [-0.15, -0.1) is 11.3 Å². The number of para-hydroxylation sites is 1. The van der Waals surface area contributed by atoms with E-state index in [1.54, 1.807) is 11.3 Å². The molecule has 0 atom stereocenters. The number of thiazole rings is 1. The van der Waals surface area contributed by atoms with Crippen LogP contribution in [0.25, 0.3) is 31.6 Å². The molecule has 9 heteroatoms. The number of hydrogen-bond acceptors (Lipinski definition) is 7. The van der Waals surface area contributed by atoms with Gasteiger partial charge in [0, 0.05) is 11.5 Å². The minimum Gasteiger partial charge on any atom is -0.549 e. The first-order chi connectivity index (χ1) is 15.5. The van der Waals surface area contributed by atoms with Crippen LogP contribution in [0.15, 0.2) is 60.7 Å². The number of nitrogens with zero attached hydrogens (tertiary/aromatic N) is 1. The molecule has 0 aliphatic carbocycles. The number of ether oxygens (including phenoxy) is 1. The van der Waals surface area contributed by atoms with Crippen LogP contribution in [-0.2, 0) is 9.59 Å². The van der Waals surface area contributed by atoms with Crippen molar-refractivity contribution < 1.29 is 83.7 Å². The van der Waals surface area contributed by atoms with E-state index in [-0.39, 0.29) is 65.5 Å². The molecule has 4 rings (SSSR count). The van der Waals surface area contributed by atoms with E-state index in [0.29, 0.717) is 25.9 Å². The average Bonchev–Trinajstić information content (AvgIpc) is 3.22. The Bertz CT molecular complexity index is 1230. The number of carboxylic acids is 2. The molecule has 34 heavy (non-hydrogen) atoms. The monoisotopic (exact) mass is 493 g/mol. The molecule has 0 spiro atoms. The number of benzene rings is 3. The third kappa shape index (κ3) is 7.28. The van der Waals surface area contributed by atoms with Crippen LogP contribution in [0.1, 0.15) is 25.7 Å². The van der Waals surface area contributed by atoms with Gasteiger partial charge in [-0.25, -0.2) is 4.98 Å². The molecule has 164 valence electrons. The molecule has 0 fully saturated rings. The molecule has 0 N–H and O–H groups in total. The molecule has 0 radical (unpaired) electrons. The van der Waals surface area contributed by atoms with Crippen LogP contribution in [0.3, 0.4) is 0 Å². The number of rotatable bonds is 10. The molecule has 0 amide bonds. The van der Waals surface area contributed by atoms with E-state index < -0.39 is 17.9 Å². The van der Waals surface area contributed by atoms with Crippen LogP contribution in [0, 0.1) is 5.92 Å². The second-order valence-electron chi connectivity index (χ2n) is 7.60. The van der Waals surface area contributed by atoms with E-state index in [1.807, 2.05) is 36.4 Å². The molecule has 1 aromatic heterocycles. The predicted molar refractivity (Wildman–Crippen MR) is 120 cm³/mol. The summed E-state index contributed by atoms with van der Waals surface area (Å²) < 4.78 is 6.97. The van der Waals surface area contributed by atoms with Crippen molar-refractivity contribution in [1.29, 1.82) is 0 Å². The third-order valence-corrected chi connectivity index (χ3v) is 6.41. The summed E-state index contributed by atoms with van der Waals surface area (Å²) in [4.78, 5) is 26.2. The Hall–Kier alpha value is -1.45. The molecule has 4 aromatic rings. The SMILES string of the molecule is O=C([O-])C(CCCCCOc1ccc2cc(-c3nc4ccccc4s3)ccc2c1)C(=O)[O-].[Na+].[Na+]. The van der Waals surface area contributed by atoms with Crippen molar-refractivity contribution in [3.05, 3.63) is 60.7 Å². The van der Waals surface area contributed by atoms with E-state index in [4.69, 9.17) is 9.72 Å². The molecule has 0 unspecified atom stereocenters. The molecular weight excluding hydrogens is 472 g/mol. The maximum Gasteiger partial charge on any atom is 1.00 e. The number of aliphatic carboxylic acids is 2. The maximum absolute atomic E-state index is 10.7. The van der Waals surface area contributed by atoms with Gasteiger partial charge >= 0.3 is 59.1 Å². The third-order valence-electron chi connectivity index (χ3n) is 5.33. The molecule has 0 saturated heterocycles. The number of aromatic nitrogens is 1. The number of carboxylic acid groups (broad SMARTS) is 2. The van der Waals surface area contributed by atoms with Gasteiger partial charge in [-0.3, -0.25) is 0 Å². The van der Waals surface area contributed by atoms with Gasteiger partial charge in [0.1, 0.15) is 10.8 Å². The van der Waals surface area contributed by atoms with Gasteiger partial charge in [0.15, 0.2) is 0 Å². The Morgan fingerprint density at radius 2 is 1.59 bits per heavy atom. The summed E-state index contributed by atoms with van der Waals surface area (Å²) >= 11 is 1.68. The van der Waals surface area contributed by atoms with Crippen LogP contribution < -0.4 is 74.1 Å². The molecule has 3 aromatic carbocycles. The van der Waals surface area contributed by atoms with Crippen molar-refractivity contribution in [2.75, 3.05) is 6.61 Å². The Morgan fingerprint density at radius 1 is 0.882 bits per heavy atom. The first-order valence-corrected chi connectivity index (χ1v) is 11.3. The summed E-state index contributed by atoms with van der Waals surface area (Å²) in [5.74, 6) is -3.98. The Balaban J connectivity index is 0.00000204. The smallest absolute Gasteiger partial charge is 0.549 e. The number of carbonyl (C=O) groups is 2. The standard InChI is InChI=1S/C25H23NO5S.2Na/c27-24(28)20(25(29)30)6-2-1-5-13-31-19-12-11-16-14-18(10-9-17(16)15-19)23-26-21-7-3-4-8-22(21)32-23;;/h3-4,7-12,14-15,20H,1-2,5-6,13H2,(H,27,28)(H,29,30);;/q;2*+1/p-2. The van der Waals surface area contributed by atoms with Crippen LogP contribution >= 0.6 is 11.3 Å². The summed E-state index contributed by atoms with van der Waals surface area (Å²) in [5.41, 5.74) is 2.09. The summed E-state index contributed by atoms with van der Waals surface area (Å²) in [6.07, 6.45) is 1.83. The summed E-state index contributed by atoms with van der Waals surface area (Å²) in [6, 6.07) is 20.3. The van der Waals surface area contributed by atoms with Crippen molar-refractivity contribution in [1.82, 2.24) is 4.98 Å². The molecule has 1 heterocycles. The second-order valence-corrected chi connectivity index (χ2v) is 8.63. The number of fused-ring (bicyclic) bond motifs is 2. The summed E-state index contributed by atoms with van der Waals surface area (Å²) in [6.45, 7) is 0.469. The fraction of sp³-hybridized carbons (Fsp3) is 0.240. The van der Waals surface area contributed by atoms with Crippen LogP contribution in [-0.4, -0.2) is 23.5 Å². The predicted octanol–water partition coefficient (Wildman–Crippen LogP) is -2.82. The minimum atomic E-state index is -1.59. The van der Waals surface area contributed by atoms with Crippen molar-refractivity contribution in [3.63, 3.8) is 0 Å². The quantitative estimate of drug-likeness (QED) is 0.134. The van der Waals surface area contributed by atoms with Crippen molar-refractivity contribution in [3.8, 4) is 16.3 Å². The van der Waals surface area contributed by atoms with Gasteiger partial charge in [-0.2, -0.15) is 0 Å². The molecule has 0 aliphatic rings. The molecule has 0 saturated carbocycles. The topological polar surface area (TPSA) is 102 Å². The van der Waals surface area contributed by atoms with E-state index in [0.717, 1.165) is 32.6 Å². The van der Waals surface area contributed by atoms with Gasteiger partial charge in [0.2, 0.25) is 0 Å². The number of carbonyl (C=O) groups excluding carboxylic acids is 2. The average molecular weight is 493 g/mol. The van der Waals surface area contributed by atoms with Crippen molar-refractivity contribution >= 4 is 44.3 Å². The van der Waals surface area contributed by atoms with Crippen LogP contribution in [0.4, 0.5) is 0 Å². The van der Waals surface area contributed by atoms with Gasteiger partial charge < -0.3 is 24.5 Å². The van der Waals surface area contributed by atoms with Gasteiger partial charge in [0.05, 0.1) is 28.8 Å². The molecular formula is C25H21NNa2O5S.